The van der Waals surface area contributed by atoms with Gasteiger partial charge in [0.2, 0.25) is 0 Å². The molecule has 0 aliphatic rings. The van der Waals surface area contributed by atoms with Crippen molar-refractivity contribution in [3.63, 3.8) is 0 Å². The molecule has 80 valence electrons. The number of hydrogen-bond acceptors (Lipinski definition) is 2. The summed E-state index contributed by atoms with van der Waals surface area (Å²) in [7, 11) is 0. The standard InChI is InChI=1S/C9H7F3N2O/c10-9(11,12)8(15)14-13-6-7-4-2-1-3-5-7/h1-6H,(H,14,15)/b13-6+. The number of hydrazone groups is 1. The monoisotopic (exact) mass is 216 g/mol. The first-order chi connectivity index (χ1) is 7.00. The molecule has 0 aliphatic heterocycles. The second kappa shape index (κ2) is 4.59. The Kier molecular flexibility index (Phi) is 3.43. The first kappa shape index (κ1) is 11.2. The molecule has 0 spiro atoms. The Morgan fingerprint density at radius 3 is 2.40 bits per heavy atom. The average molecular weight is 216 g/mol. The minimum atomic E-state index is -4.91. The molecule has 0 bridgehead atoms. The summed E-state index contributed by atoms with van der Waals surface area (Å²) in [5.41, 5.74) is 1.97. The van der Waals surface area contributed by atoms with Crippen molar-refractivity contribution in [3.8, 4) is 0 Å². The van der Waals surface area contributed by atoms with Gasteiger partial charge in [0.15, 0.2) is 0 Å². The van der Waals surface area contributed by atoms with E-state index in [-0.39, 0.29) is 0 Å². The van der Waals surface area contributed by atoms with Crippen molar-refractivity contribution >= 4 is 12.1 Å². The van der Waals surface area contributed by atoms with Gasteiger partial charge >= 0.3 is 12.1 Å². The lowest BCUT2D eigenvalue weighted by molar-refractivity contribution is -0.173. The number of halogens is 3. The summed E-state index contributed by atoms with van der Waals surface area (Å²) < 4.78 is 35.1. The molecule has 1 rings (SSSR count). The largest absolute Gasteiger partial charge is 0.473 e. The van der Waals surface area contributed by atoms with Crippen LogP contribution in [0.3, 0.4) is 0 Å². The molecular weight excluding hydrogens is 209 g/mol. The Balaban J connectivity index is 2.51. The maximum atomic E-state index is 11.7. The molecule has 0 unspecified atom stereocenters. The topological polar surface area (TPSA) is 41.5 Å². The molecule has 0 aromatic heterocycles. The van der Waals surface area contributed by atoms with Crippen LogP contribution in [0.1, 0.15) is 5.56 Å². The maximum Gasteiger partial charge on any atom is 0.473 e. The first-order valence-corrected chi connectivity index (χ1v) is 3.95. The van der Waals surface area contributed by atoms with E-state index >= 15 is 0 Å². The summed E-state index contributed by atoms with van der Waals surface area (Å²) in [6.07, 6.45) is -3.78. The normalized spacial score (nSPS) is 11.7. The predicted octanol–water partition coefficient (Wildman–Crippen LogP) is 1.70. The van der Waals surface area contributed by atoms with Crippen LogP contribution in [0.5, 0.6) is 0 Å². The molecular formula is C9H7F3N2O. The molecule has 1 aromatic rings. The van der Waals surface area contributed by atoms with Crippen molar-refractivity contribution in [1.82, 2.24) is 5.43 Å². The van der Waals surface area contributed by atoms with Crippen LogP contribution in [-0.2, 0) is 4.79 Å². The molecule has 1 amide bonds. The number of amides is 1. The number of nitrogens with one attached hydrogen (secondary N) is 1. The van der Waals surface area contributed by atoms with Crippen LogP contribution in [0.25, 0.3) is 0 Å². The van der Waals surface area contributed by atoms with Crippen LogP contribution in [-0.4, -0.2) is 18.3 Å². The zero-order chi connectivity index (χ0) is 11.3. The first-order valence-electron chi connectivity index (χ1n) is 3.95. The van der Waals surface area contributed by atoms with Crippen molar-refractivity contribution < 1.29 is 18.0 Å². The lowest BCUT2D eigenvalue weighted by Crippen LogP contribution is -2.33. The van der Waals surface area contributed by atoms with E-state index < -0.39 is 12.1 Å². The zero-order valence-electron chi connectivity index (χ0n) is 7.45. The minimum absolute atomic E-state index is 0.597. The molecule has 0 aliphatic carbocycles. The van der Waals surface area contributed by atoms with Gasteiger partial charge in [-0.2, -0.15) is 18.3 Å². The highest BCUT2D eigenvalue weighted by molar-refractivity contribution is 5.84. The van der Waals surface area contributed by atoms with Gasteiger partial charge < -0.3 is 0 Å². The Morgan fingerprint density at radius 2 is 1.87 bits per heavy atom. The zero-order valence-corrected chi connectivity index (χ0v) is 7.45. The predicted molar refractivity (Wildman–Crippen MR) is 48.2 cm³/mol. The summed E-state index contributed by atoms with van der Waals surface area (Å²) in [5, 5.41) is 3.16. The minimum Gasteiger partial charge on any atom is -0.263 e. The lowest BCUT2D eigenvalue weighted by atomic mass is 10.2. The van der Waals surface area contributed by atoms with Crippen LogP contribution in [0.15, 0.2) is 35.4 Å². The highest BCUT2D eigenvalue weighted by atomic mass is 19.4. The molecule has 0 heterocycles. The second-order valence-corrected chi connectivity index (χ2v) is 2.61. The quantitative estimate of drug-likeness (QED) is 0.593. The summed E-state index contributed by atoms with van der Waals surface area (Å²) in [4.78, 5) is 10.3. The Morgan fingerprint density at radius 1 is 1.27 bits per heavy atom. The van der Waals surface area contributed by atoms with E-state index in [9.17, 15) is 18.0 Å². The van der Waals surface area contributed by atoms with Gasteiger partial charge in [0.25, 0.3) is 0 Å². The molecule has 3 nitrogen and oxygen atoms in total. The fraction of sp³-hybridized carbons (Fsp3) is 0.111. The van der Waals surface area contributed by atoms with E-state index in [1.54, 1.807) is 30.3 Å². The fourth-order valence-electron chi connectivity index (χ4n) is 0.768. The van der Waals surface area contributed by atoms with Gasteiger partial charge in [-0.15, -0.1) is 0 Å². The smallest absolute Gasteiger partial charge is 0.263 e. The van der Waals surface area contributed by atoms with Gasteiger partial charge in [0, 0.05) is 0 Å². The summed E-state index contributed by atoms with van der Waals surface area (Å²) in [6, 6.07) is 8.44. The second-order valence-electron chi connectivity index (χ2n) is 2.61. The van der Waals surface area contributed by atoms with Crippen molar-refractivity contribution in [1.29, 1.82) is 0 Å². The number of alkyl halides is 3. The van der Waals surface area contributed by atoms with Gasteiger partial charge in [-0.05, 0) is 5.56 Å². The lowest BCUT2D eigenvalue weighted by Gasteiger charge is -2.02. The number of carbonyl (C=O) groups is 1. The fourth-order valence-corrected chi connectivity index (χ4v) is 0.768. The number of benzene rings is 1. The molecule has 0 saturated heterocycles. The van der Waals surface area contributed by atoms with Crippen LogP contribution >= 0.6 is 0 Å². The van der Waals surface area contributed by atoms with Crippen molar-refractivity contribution in [3.05, 3.63) is 35.9 Å². The maximum absolute atomic E-state index is 11.7. The summed E-state index contributed by atoms with van der Waals surface area (Å²) in [5.74, 6) is -2.09. The van der Waals surface area contributed by atoms with E-state index in [4.69, 9.17) is 0 Å². The number of hydrogen-bond donors (Lipinski definition) is 1. The third kappa shape index (κ3) is 3.80. The molecule has 1 N–H and O–H groups in total. The highest BCUT2D eigenvalue weighted by Gasteiger charge is 2.38. The molecule has 15 heavy (non-hydrogen) atoms. The number of nitrogens with zero attached hydrogens (tertiary/aromatic N) is 1. The Hall–Kier alpha value is -1.85. The van der Waals surface area contributed by atoms with Crippen LogP contribution < -0.4 is 5.43 Å². The number of rotatable bonds is 2. The summed E-state index contributed by atoms with van der Waals surface area (Å²) >= 11 is 0. The summed E-state index contributed by atoms with van der Waals surface area (Å²) in [6.45, 7) is 0. The van der Waals surface area contributed by atoms with Crippen LogP contribution in [0.4, 0.5) is 13.2 Å². The van der Waals surface area contributed by atoms with Crippen molar-refractivity contribution in [2.24, 2.45) is 5.10 Å². The highest BCUT2D eigenvalue weighted by Crippen LogP contribution is 2.13. The van der Waals surface area contributed by atoms with Crippen LogP contribution in [0.2, 0.25) is 0 Å². The van der Waals surface area contributed by atoms with E-state index in [0.29, 0.717) is 5.56 Å². The van der Waals surface area contributed by atoms with E-state index in [1.807, 2.05) is 0 Å². The average Bonchev–Trinajstić information content (AvgIpc) is 2.18. The molecule has 0 saturated carbocycles. The molecule has 6 heteroatoms. The van der Waals surface area contributed by atoms with Crippen molar-refractivity contribution in [2.45, 2.75) is 6.18 Å². The third-order valence-electron chi connectivity index (χ3n) is 1.44. The van der Waals surface area contributed by atoms with Gasteiger partial charge in [-0.25, -0.2) is 5.43 Å². The van der Waals surface area contributed by atoms with E-state index in [0.717, 1.165) is 6.21 Å². The molecule has 0 radical (unpaired) electrons. The molecule has 0 atom stereocenters. The van der Waals surface area contributed by atoms with Gasteiger partial charge in [0.05, 0.1) is 6.21 Å². The SMILES string of the molecule is O=C(N/N=C/c1ccccc1)C(F)(F)F. The van der Waals surface area contributed by atoms with Gasteiger partial charge in [0.1, 0.15) is 0 Å². The van der Waals surface area contributed by atoms with Gasteiger partial charge in [-0.1, -0.05) is 30.3 Å². The molecule has 1 aromatic carbocycles. The van der Waals surface area contributed by atoms with Crippen molar-refractivity contribution in [2.75, 3.05) is 0 Å². The third-order valence-corrected chi connectivity index (χ3v) is 1.44. The molecule has 0 fully saturated rings. The van der Waals surface area contributed by atoms with E-state index in [2.05, 4.69) is 5.10 Å². The van der Waals surface area contributed by atoms with E-state index in [1.165, 1.54) is 5.43 Å². The van der Waals surface area contributed by atoms with Gasteiger partial charge in [-0.3, -0.25) is 4.79 Å². The number of carbonyl (C=O) groups excluding carboxylic acids is 1. The Bertz CT molecular complexity index is 359. The van der Waals surface area contributed by atoms with Crippen LogP contribution in [0, 0.1) is 0 Å². The Labute approximate surface area is 83.6 Å².